The van der Waals surface area contributed by atoms with Gasteiger partial charge in [0.25, 0.3) is 0 Å². The van der Waals surface area contributed by atoms with E-state index in [2.05, 4.69) is 32.2 Å². The zero-order valence-electron chi connectivity index (χ0n) is 14.6. The summed E-state index contributed by atoms with van der Waals surface area (Å²) in [6.45, 7) is 1.83. The van der Waals surface area contributed by atoms with Crippen LogP contribution in [0.1, 0.15) is 17.1 Å². The third-order valence-electron chi connectivity index (χ3n) is 4.75. The van der Waals surface area contributed by atoms with Crippen LogP contribution < -0.4 is 5.73 Å². The molecule has 5 rings (SSSR count). The Morgan fingerprint density at radius 2 is 1.96 bits per heavy atom. The minimum absolute atomic E-state index is 0.286. The number of rotatable bonds is 3. The van der Waals surface area contributed by atoms with Crippen LogP contribution in [0.4, 0.5) is 10.2 Å². The highest BCUT2D eigenvalue weighted by Crippen LogP contribution is 2.26. The molecule has 0 spiro atoms. The molecule has 134 valence electrons. The van der Waals surface area contributed by atoms with Crippen LogP contribution in [0.5, 0.6) is 0 Å². The number of nitrogen functional groups attached to an aromatic ring is 1. The summed E-state index contributed by atoms with van der Waals surface area (Å²) in [5, 5.41) is 5.45. The van der Waals surface area contributed by atoms with Crippen LogP contribution in [0.15, 0.2) is 48.7 Å². The first-order valence-corrected chi connectivity index (χ1v) is 8.64. The van der Waals surface area contributed by atoms with Crippen LogP contribution in [0.2, 0.25) is 0 Å². The Morgan fingerprint density at radius 3 is 2.81 bits per heavy atom. The average molecular weight is 360 g/mol. The lowest BCUT2D eigenvalue weighted by Crippen LogP contribution is -2.05. The van der Waals surface area contributed by atoms with E-state index in [1.54, 1.807) is 12.3 Å². The predicted molar refractivity (Wildman–Crippen MR) is 103 cm³/mol. The number of aromatic nitrogens is 5. The van der Waals surface area contributed by atoms with Crippen molar-refractivity contribution in [3.8, 4) is 5.69 Å². The number of para-hydroxylation sites is 1. The van der Waals surface area contributed by atoms with Gasteiger partial charge in [-0.05, 0) is 30.5 Å². The highest BCUT2D eigenvalue weighted by molar-refractivity contribution is 5.80. The molecule has 0 saturated heterocycles. The summed E-state index contributed by atoms with van der Waals surface area (Å²) < 4.78 is 16.0. The molecule has 0 aliphatic heterocycles. The quantitative estimate of drug-likeness (QED) is 0.457. The molecule has 3 aromatic heterocycles. The van der Waals surface area contributed by atoms with E-state index in [-0.39, 0.29) is 5.69 Å². The van der Waals surface area contributed by atoms with Gasteiger partial charge in [-0.15, -0.1) is 0 Å². The molecule has 0 aliphatic rings. The molecule has 6 nitrogen and oxygen atoms in total. The predicted octanol–water partition coefficient (Wildman–Crippen LogP) is 3.85. The van der Waals surface area contributed by atoms with E-state index in [0.717, 1.165) is 28.0 Å². The van der Waals surface area contributed by atoms with Crippen molar-refractivity contribution >= 4 is 27.8 Å². The van der Waals surface area contributed by atoms with Gasteiger partial charge in [0.15, 0.2) is 5.82 Å². The van der Waals surface area contributed by atoms with Crippen molar-refractivity contribution < 1.29 is 4.39 Å². The number of anilines is 1. The number of hydrogen-bond acceptors (Lipinski definition) is 3. The van der Waals surface area contributed by atoms with E-state index >= 15 is 0 Å². The molecule has 2 aromatic carbocycles. The average Bonchev–Trinajstić information content (AvgIpc) is 3.31. The highest BCUT2D eigenvalue weighted by atomic mass is 19.1. The Bertz CT molecular complexity index is 1260. The van der Waals surface area contributed by atoms with Crippen molar-refractivity contribution in [3.63, 3.8) is 0 Å². The van der Waals surface area contributed by atoms with Crippen molar-refractivity contribution in [3.05, 3.63) is 71.6 Å². The number of hydrogen-bond donors (Lipinski definition) is 3. The van der Waals surface area contributed by atoms with Gasteiger partial charge in [-0.3, -0.25) is 0 Å². The zero-order valence-corrected chi connectivity index (χ0v) is 14.6. The number of fused-ring (bicyclic) bond motifs is 2. The number of aromatic amines is 2. The SMILES string of the molecule is Cc1nc2cc(-n3ncc(Cc4cc5ccccc5[nH]4)c3N)c(F)cc2[nH]1. The Hall–Kier alpha value is -3.61. The maximum absolute atomic E-state index is 14.6. The molecule has 0 amide bonds. The molecule has 0 atom stereocenters. The first-order valence-electron chi connectivity index (χ1n) is 8.64. The number of nitrogens with two attached hydrogens (primary N) is 1. The molecule has 0 saturated carbocycles. The van der Waals surface area contributed by atoms with Gasteiger partial charge in [-0.2, -0.15) is 5.10 Å². The molecule has 0 bridgehead atoms. The van der Waals surface area contributed by atoms with Gasteiger partial charge >= 0.3 is 0 Å². The topological polar surface area (TPSA) is 88.3 Å². The van der Waals surface area contributed by atoms with Crippen molar-refractivity contribution in [2.45, 2.75) is 13.3 Å². The Morgan fingerprint density at radius 1 is 1.11 bits per heavy atom. The summed E-state index contributed by atoms with van der Waals surface area (Å²) in [5.41, 5.74) is 10.8. The van der Waals surface area contributed by atoms with Gasteiger partial charge in [0.05, 0.1) is 17.2 Å². The number of nitrogens with zero attached hydrogens (tertiary/aromatic N) is 3. The van der Waals surface area contributed by atoms with Gasteiger partial charge in [0.1, 0.15) is 17.3 Å². The maximum atomic E-state index is 14.6. The molecular weight excluding hydrogens is 343 g/mol. The molecule has 0 radical (unpaired) electrons. The van der Waals surface area contributed by atoms with Crippen LogP contribution in [0, 0.1) is 12.7 Å². The lowest BCUT2D eigenvalue weighted by Gasteiger charge is -2.06. The van der Waals surface area contributed by atoms with Crippen molar-refractivity contribution in [1.29, 1.82) is 0 Å². The fourth-order valence-corrected chi connectivity index (χ4v) is 3.46. The van der Waals surface area contributed by atoms with E-state index in [1.807, 2.05) is 25.1 Å². The second kappa shape index (κ2) is 5.70. The standard InChI is InChI=1S/C20H17FN6/c1-11-24-17-8-15(21)19(9-18(17)25-11)27-20(22)13(10-23-27)7-14-6-12-4-2-3-5-16(12)26-14/h2-6,8-10,26H,7,22H2,1H3,(H,24,25). The van der Waals surface area contributed by atoms with E-state index < -0.39 is 5.82 Å². The van der Waals surface area contributed by atoms with Gasteiger partial charge in [0, 0.05) is 29.3 Å². The number of aryl methyl sites for hydroxylation is 1. The maximum Gasteiger partial charge on any atom is 0.151 e. The smallest absolute Gasteiger partial charge is 0.151 e. The normalized spacial score (nSPS) is 11.6. The number of nitrogens with one attached hydrogen (secondary N) is 2. The van der Waals surface area contributed by atoms with Gasteiger partial charge < -0.3 is 15.7 Å². The molecule has 0 unspecified atom stereocenters. The number of halogens is 1. The number of benzene rings is 2. The van der Waals surface area contributed by atoms with Crippen LogP contribution in [-0.2, 0) is 6.42 Å². The van der Waals surface area contributed by atoms with Crippen LogP contribution in [0.3, 0.4) is 0 Å². The number of H-pyrrole nitrogens is 2. The fourth-order valence-electron chi connectivity index (χ4n) is 3.46. The van der Waals surface area contributed by atoms with Crippen LogP contribution in [0.25, 0.3) is 27.6 Å². The number of imidazole rings is 1. The molecule has 0 fully saturated rings. The van der Waals surface area contributed by atoms with E-state index in [4.69, 9.17) is 5.73 Å². The van der Waals surface area contributed by atoms with Crippen LogP contribution in [-0.4, -0.2) is 24.7 Å². The second-order valence-corrected chi connectivity index (χ2v) is 6.67. The Balaban J connectivity index is 1.54. The summed E-state index contributed by atoms with van der Waals surface area (Å²) in [4.78, 5) is 10.8. The minimum atomic E-state index is -0.405. The monoisotopic (exact) mass is 360 g/mol. The van der Waals surface area contributed by atoms with E-state index in [9.17, 15) is 4.39 Å². The largest absolute Gasteiger partial charge is 0.383 e. The van der Waals surface area contributed by atoms with Crippen LogP contribution >= 0.6 is 0 Å². The molecule has 3 heterocycles. The van der Waals surface area contributed by atoms with Crippen molar-refractivity contribution in [2.24, 2.45) is 0 Å². The zero-order chi connectivity index (χ0) is 18.5. The molecule has 0 aliphatic carbocycles. The summed E-state index contributed by atoms with van der Waals surface area (Å²) in [6.07, 6.45) is 2.27. The molecule has 4 N–H and O–H groups in total. The molecule has 7 heteroatoms. The Labute approximate surface area is 153 Å². The van der Waals surface area contributed by atoms with Gasteiger partial charge in [-0.25, -0.2) is 14.1 Å². The first-order chi connectivity index (χ1) is 13.1. The molecule has 5 aromatic rings. The lowest BCUT2D eigenvalue weighted by atomic mass is 10.1. The fraction of sp³-hybridized carbons (Fsp3) is 0.100. The first kappa shape index (κ1) is 15.6. The van der Waals surface area contributed by atoms with Gasteiger partial charge in [-0.1, -0.05) is 18.2 Å². The van der Waals surface area contributed by atoms with E-state index in [1.165, 1.54) is 10.7 Å². The minimum Gasteiger partial charge on any atom is -0.383 e. The summed E-state index contributed by atoms with van der Waals surface area (Å²) in [6, 6.07) is 13.2. The molecule has 27 heavy (non-hydrogen) atoms. The Kier molecular flexibility index (Phi) is 3.30. The van der Waals surface area contributed by atoms with E-state index in [0.29, 0.717) is 23.3 Å². The summed E-state index contributed by atoms with van der Waals surface area (Å²) in [5.74, 6) is 0.742. The lowest BCUT2D eigenvalue weighted by molar-refractivity contribution is 0.613. The van der Waals surface area contributed by atoms with Gasteiger partial charge in [0.2, 0.25) is 0 Å². The highest BCUT2D eigenvalue weighted by Gasteiger charge is 2.16. The van der Waals surface area contributed by atoms with Crippen molar-refractivity contribution in [2.75, 3.05) is 5.73 Å². The summed E-state index contributed by atoms with van der Waals surface area (Å²) in [7, 11) is 0. The molecular formula is C20H17FN6. The van der Waals surface area contributed by atoms with Crippen molar-refractivity contribution in [1.82, 2.24) is 24.7 Å². The third kappa shape index (κ3) is 2.55. The summed E-state index contributed by atoms with van der Waals surface area (Å²) >= 11 is 0. The third-order valence-corrected chi connectivity index (χ3v) is 4.75. The second-order valence-electron chi connectivity index (χ2n) is 6.67.